The first-order valence-electron chi connectivity index (χ1n) is 11.2. The minimum absolute atomic E-state index is 0.0512. The number of rotatable bonds is 7. The molecule has 1 atom stereocenters. The predicted octanol–water partition coefficient (Wildman–Crippen LogP) is 7.34. The maximum atomic E-state index is 13.6. The van der Waals surface area contributed by atoms with Gasteiger partial charge in [0.1, 0.15) is 17.1 Å². The lowest BCUT2D eigenvalue weighted by atomic mass is 9.99. The first-order valence-corrected chi connectivity index (χ1v) is 12.5. The summed E-state index contributed by atoms with van der Waals surface area (Å²) in [5.41, 5.74) is -4.20. The molecule has 1 N–H and O–H groups in total. The molecule has 0 spiro atoms. The Morgan fingerprint density at radius 3 is 1.61 bits per heavy atom. The number of hydrogen-bond donors (Lipinski definition) is 1. The second kappa shape index (κ2) is 11.1. The van der Waals surface area contributed by atoms with Crippen molar-refractivity contribution in [3.05, 3.63) is 116 Å². The van der Waals surface area contributed by atoms with Crippen molar-refractivity contribution in [1.82, 2.24) is 0 Å². The second-order valence-electron chi connectivity index (χ2n) is 8.37. The van der Waals surface area contributed by atoms with Gasteiger partial charge in [-0.2, -0.15) is 26.3 Å². The van der Waals surface area contributed by atoms with Crippen LogP contribution >= 0.6 is 8.15 Å². The minimum atomic E-state index is -4.93. The molecule has 4 aromatic carbocycles. The van der Waals surface area contributed by atoms with E-state index in [1.165, 1.54) is 48.5 Å². The highest BCUT2D eigenvalue weighted by Gasteiger charge is 2.37. The van der Waals surface area contributed by atoms with Crippen LogP contribution < -0.4 is 15.3 Å². The third-order valence-corrected chi connectivity index (χ3v) is 7.31. The molecule has 0 heterocycles. The van der Waals surface area contributed by atoms with Crippen LogP contribution in [0.25, 0.3) is 11.1 Å². The normalized spacial score (nSPS) is 12.6. The monoisotopic (exact) mass is 596 g/mol. The molecule has 8 nitrogen and oxygen atoms in total. The number of halogens is 6. The van der Waals surface area contributed by atoms with Crippen LogP contribution in [0.2, 0.25) is 0 Å². The zero-order valence-corrected chi connectivity index (χ0v) is 21.1. The number of alkyl halides is 6. The number of nitro benzene ring substituents is 2. The summed E-state index contributed by atoms with van der Waals surface area (Å²) in [5.74, 6) is -0.716. The van der Waals surface area contributed by atoms with Gasteiger partial charge in [-0.25, -0.2) is 0 Å². The molecule has 41 heavy (non-hydrogen) atoms. The molecule has 0 saturated heterocycles. The number of non-ortho nitro benzene ring substituents is 2. The summed E-state index contributed by atoms with van der Waals surface area (Å²) < 4.78 is 86.2. The molecule has 0 amide bonds. The van der Waals surface area contributed by atoms with Crippen molar-refractivity contribution in [1.29, 1.82) is 0 Å². The van der Waals surface area contributed by atoms with E-state index in [0.29, 0.717) is 22.7 Å². The largest absolute Gasteiger partial charge is 0.457 e. The molecule has 0 saturated carbocycles. The molecular formula is C26H15F6N2O6P. The first kappa shape index (κ1) is 29.4. The average Bonchev–Trinajstić information content (AvgIpc) is 2.92. The Balaban J connectivity index is 1.55. The number of nitro groups is 2. The van der Waals surface area contributed by atoms with E-state index in [0.717, 1.165) is 24.3 Å². The summed E-state index contributed by atoms with van der Waals surface area (Å²) in [5, 5.41) is 22.5. The number of benzene rings is 4. The quantitative estimate of drug-likeness (QED) is 0.103. The number of hydrogen-bond acceptors (Lipinski definition) is 6. The Labute approximate surface area is 227 Å². The summed E-state index contributed by atoms with van der Waals surface area (Å²) in [6, 6.07) is 15.2. The van der Waals surface area contributed by atoms with Gasteiger partial charge in [-0.05, 0) is 47.5 Å². The van der Waals surface area contributed by atoms with Gasteiger partial charge in [-0.3, -0.25) is 20.2 Å². The molecule has 0 aromatic heterocycles. The van der Waals surface area contributed by atoms with Gasteiger partial charge in [0.05, 0.1) is 23.6 Å². The van der Waals surface area contributed by atoms with Gasteiger partial charge in [0.15, 0.2) is 0 Å². The maximum absolute atomic E-state index is 13.6. The highest BCUT2D eigenvalue weighted by Crippen LogP contribution is 2.41. The van der Waals surface area contributed by atoms with Gasteiger partial charge in [0.25, 0.3) is 11.4 Å². The van der Waals surface area contributed by atoms with Gasteiger partial charge in [-0.1, -0.05) is 24.3 Å². The van der Waals surface area contributed by atoms with Crippen LogP contribution in [0.1, 0.15) is 11.1 Å². The summed E-state index contributed by atoms with van der Waals surface area (Å²) in [6.45, 7) is 0. The smallest absolute Gasteiger partial charge is 0.420 e. The lowest BCUT2D eigenvalue weighted by Crippen LogP contribution is -2.12. The van der Waals surface area contributed by atoms with Crippen molar-refractivity contribution in [3.63, 3.8) is 0 Å². The highest BCUT2D eigenvalue weighted by atomic mass is 31.1. The van der Waals surface area contributed by atoms with Crippen LogP contribution in [0.5, 0.6) is 11.5 Å². The van der Waals surface area contributed by atoms with Gasteiger partial charge >= 0.3 is 12.4 Å². The minimum Gasteiger partial charge on any atom is -0.457 e. The van der Waals surface area contributed by atoms with E-state index in [4.69, 9.17) is 4.74 Å². The molecule has 0 radical (unpaired) electrons. The van der Waals surface area contributed by atoms with Gasteiger partial charge < -0.3 is 9.63 Å². The van der Waals surface area contributed by atoms with Crippen molar-refractivity contribution in [3.8, 4) is 22.6 Å². The standard InChI is InChI=1S/C26H15F6N2O6P/c27-25(28,29)22-13-16(33(35)36)3-11-21(22)15-1-7-19(8-2-15)41(39)20-9-5-18(6-10-20)40-24-12-4-17(34(37)38)14-23(24)26(30,31)32/h1-14,39H. The summed E-state index contributed by atoms with van der Waals surface area (Å²) in [7, 11) is -2.03. The van der Waals surface area contributed by atoms with Gasteiger partial charge in [-0.15, -0.1) is 0 Å². The fraction of sp³-hybridized carbons (Fsp3) is 0.0769. The number of nitrogens with zero attached hydrogens (tertiary/aromatic N) is 2. The van der Waals surface area contributed by atoms with E-state index in [9.17, 15) is 51.5 Å². The highest BCUT2D eigenvalue weighted by molar-refractivity contribution is 7.67. The molecule has 1 unspecified atom stereocenters. The fourth-order valence-electron chi connectivity index (χ4n) is 3.79. The fourth-order valence-corrected chi connectivity index (χ4v) is 4.95. The molecule has 4 aromatic rings. The van der Waals surface area contributed by atoms with E-state index in [2.05, 4.69) is 0 Å². The van der Waals surface area contributed by atoms with E-state index < -0.39 is 58.6 Å². The Bertz CT molecular complexity index is 1610. The van der Waals surface area contributed by atoms with E-state index in [1.807, 2.05) is 0 Å². The van der Waals surface area contributed by atoms with Crippen molar-refractivity contribution in [2.24, 2.45) is 0 Å². The molecule has 0 aliphatic rings. The van der Waals surface area contributed by atoms with E-state index >= 15 is 0 Å². The Hall–Kier alpha value is -4.55. The molecule has 212 valence electrons. The predicted molar refractivity (Wildman–Crippen MR) is 137 cm³/mol. The lowest BCUT2D eigenvalue weighted by Gasteiger charge is -2.16. The van der Waals surface area contributed by atoms with Crippen LogP contribution in [0, 0.1) is 20.2 Å². The Morgan fingerprint density at radius 1 is 0.659 bits per heavy atom. The molecule has 0 fully saturated rings. The first-order chi connectivity index (χ1) is 19.1. The molecule has 0 bridgehead atoms. The van der Waals surface area contributed by atoms with Gasteiger partial charge in [0, 0.05) is 34.9 Å². The summed E-state index contributed by atoms with van der Waals surface area (Å²) in [6.07, 6.45) is -9.79. The number of ether oxygens (including phenoxy) is 1. The third kappa shape index (κ3) is 6.61. The third-order valence-electron chi connectivity index (χ3n) is 5.73. The SMILES string of the molecule is O=[N+]([O-])c1ccc(Oc2ccc(P(O)c3ccc(-c4ccc([N+](=O)[O-])cc4C(F)(F)F)cc3)cc2)c(C(F)(F)F)c1. The zero-order valence-electron chi connectivity index (χ0n) is 20.2. The molecule has 0 aliphatic carbocycles. The van der Waals surface area contributed by atoms with Crippen molar-refractivity contribution in [2.75, 3.05) is 0 Å². The zero-order chi connectivity index (χ0) is 30.1. The van der Waals surface area contributed by atoms with Crippen LogP contribution in [0.4, 0.5) is 37.7 Å². The molecule has 4 rings (SSSR count). The molecule has 0 aliphatic heterocycles. The van der Waals surface area contributed by atoms with Crippen LogP contribution in [-0.4, -0.2) is 14.7 Å². The van der Waals surface area contributed by atoms with E-state index in [-0.39, 0.29) is 16.9 Å². The van der Waals surface area contributed by atoms with Crippen LogP contribution in [0.3, 0.4) is 0 Å². The topological polar surface area (TPSA) is 116 Å². The summed E-state index contributed by atoms with van der Waals surface area (Å²) >= 11 is 0. The Kier molecular flexibility index (Phi) is 8.00. The molecular weight excluding hydrogens is 581 g/mol. The van der Waals surface area contributed by atoms with Gasteiger partial charge in [0.2, 0.25) is 0 Å². The van der Waals surface area contributed by atoms with Crippen LogP contribution in [-0.2, 0) is 12.4 Å². The molecule has 15 heteroatoms. The van der Waals surface area contributed by atoms with Crippen molar-refractivity contribution in [2.45, 2.75) is 12.4 Å². The average molecular weight is 596 g/mol. The maximum Gasteiger partial charge on any atom is 0.420 e. The van der Waals surface area contributed by atoms with Crippen molar-refractivity contribution >= 4 is 30.1 Å². The second-order valence-corrected chi connectivity index (χ2v) is 10.0. The van der Waals surface area contributed by atoms with Crippen molar-refractivity contribution < 1.29 is 45.8 Å². The lowest BCUT2D eigenvalue weighted by molar-refractivity contribution is -0.385. The Morgan fingerprint density at radius 2 is 1.12 bits per heavy atom. The van der Waals surface area contributed by atoms with E-state index in [1.54, 1.807) is 0 Å². The summed E-state index contributed by atoms with van der Waals surface area (Å²) in [4.78, 5) is 30.7. The van der Waals surface area contributed by atoms with Crippen LogP contribution in [0.15, 0.2) is 84.9 Å².